The van der Waals surface area contributed by atoms with E-state index in [9.17, 15) is 18.0 Å². The molecular weight excluding hydrogens is 553 g/mol. The van der Waals surface area contributed by atoms with Crippen LogP contribution in [0.15, 0.2) is 53.7 Å². The van der Waals surface area contributed by atoms with Gasteiger partial charge in [0, 0.05) is 23.0 Å². The van der Waals surface area contributed by atoms with Crippen LogP contribution >= 0.6 is 23.2 Å². The van der Waals surface area contributed by atoms with Crippen molar-refractivity contribution in [3.63, 3.8) is 0 Å². The second-order valence-electron chi connectivity index (χ2n) is 9.20. The number of hydrogen-bond acceptors (Lipinski definition) is 7. The van der Waals surface area contributed by atoms with E-state index in [1.54, 1.807) is 31.2 Å². The van der Waals surface area contributed by atoms with Gasteiger partial charge < -0.3 is 4.74 Å². The maximum Gasteiger partial charge on any atom is 0.324 e. The molecule has 0 radical (unpaired) electrons. The number of carbonyl (C=O) groups excluding carboxylic acids is 2. The second-order valence-corrected chi connectivity index (χ2v) is 11.9. The number of carbonyl (C=O) groups is 2. The molecule has 2 aliphatic rings. The molecule has 0 N–H and O–H groups in total. The molecule has 2 aliphatic heterocycles. The van der Waals surface area contributed by atoms with Crippen LogP contribution in [0.2, 0.25) is 10.0 Å². The van der Waals surface area contributed by atoms with Crippen LogP contribution in [0.5, 0.6) is 0 Å². The summed E-state index contributed by atoms with van der Waals surface area (Å²) >= 11 is 12.4. The number of hydrogen-bond donors (Lipinski definition) is 0. The Morgan fingerprint density at radius 1 is 1.21 bits per heavy atom. The summed E-state index contributed by atoms with van der Waals surface area (Å²) in [5, 5.41) is 9.49. The number of ether oxygens (including phenoxy) is 1. The van der Waals surface area contributed by atoms with E-state index < -0.39 is 33.5 Å². The molecule has 196 valence electrons. The van der Waals surface area contributed by atoms with Crippen LogP contribution in [0, 0.1) is 11.3 Å². The van der Waals surface area contributed by atoms with Crippen LogP contribution in [0.4, 0.5) is 11.6 Å². The average molecular weight is 574 g/mol. The monoisotopic (exact) mass is 573 g/mol. The van der Waals surface area contributed by atoms with E-state index in [-0.39, 0.29) is 34.0 Å². The Hall–Kier alpha value is -3.43. The summed E-state index contributed by atoms with van der Waals surface area (Å²) in [6, 6.07) is 12.4. The number of esters is 1. The Balaban J connectivity index is 1.67. The normalized spacial score (nSPS) is 21.1. The number of nitrogens with zero attached hydrogens (tertiary/aromatic N) is 5. The molecule has 0 bridgehead atoms. The average Bonchev–Trinajstić information content (AvgIpc) is 3.36. The lowest BCUT2D eigenvalue weighted by atomic mass is 9.91. The summed E-state index contributed by atoms with van der Waals surface area (Å²) in [5.41, 5.74) is 0.0292. The number of sulfonamides is 1. The number of fused-ring (bicyclic) bond motifs is 1. The highest BCUT2D eigenvalue weighted by Crippen LogP contribution is 2.45. The van der Waals surface area contributed by atoms with Gasteiger partial charge in [-0.25, -0.2) is 18.3 Å². The summed E-state index contributed by atoms with van der Waals surface area (Å²) in [7, 11) is -3.05. The number of nitriles is 1. The van der Waals surface area contributed by atoms with Crippen molar-refractivity contribution in [1.82, 2.24) is 13.9 Å². The zero-order chi connectivity index (χ0) is 27.4. The van der Waals surface area contributed by atoms with Crippen molar-refractivity contribution in [3.8, 4) is 6.07 Å². The van der Waals surface area contributed by atoms with Crippen molar-refractivity contribution < 1.29 is 22.7 Å². The van der Waals surface area contributed by atoms with Crippen molar-refractivity contribution in [1.29, 1.82) is 5.26 Å². The van der Waals surface area contributed by atoms with Gasteiger partial charge in [0.05, 0.1) is 30.6 Å². The van der Waals surface area contributed by atoms with E-state index in [4.69, 9.17) is 33.2 Å². The molecule has 2 aromatic carbocycles. The maximum absolute atomic E-state index is 14.1. The predicted octanol–water partition coefficient (Wildman–Crippen LogP) is 3.63. The molecule has 0 aliphatic carbocycles. The summed E-state index contributed by atoms with van der Waals surface area (Å²) in [6.45, 7) is 1.74. The van der Waals surface area contributed by atoms with E-state index in [1.807, 2.05) is 0 Å². The predicted molar refractivity (Wildman–Crippen MR) is 139 cm³/mol. The van der Waals surface area contributed by atoms with Gasteiger partial charge in [0.15, 0.2) is 5.03 Å². The minimum absolute atomic E-state index is 0.0678. The number of benzene rings is 2. The molecule has 5 rings (SSSR count). The van der Waals surface area contributed by atoms with Gasteiger partial charge in [-0.1, -0.05) is 35.3 Å². The molecule has 3 heterocycles. The lowest BCUT2D eigenvalue weighted by molar-refractivity contribution is -0.148. The number of imidazole rings is 1. The smallest absolute Gasteiger partial charge is 0.324 e. The number of halogens is 2. The Morgan fingerprint density at radius 3 is 2.42 bits per heavy atom. The van der Waals surface area contributed by atoms with Crippen molar-refractivity contribution in [3.05, 3.63) is 69.8 Å². The Morgan fingerprint density at radius 2 is 1.87 bits per heavy atom. The Bertz CT molecular complexity index is 1600. The highest BCUT2D eigenvalue weighted by atomic mass is 35.5. The van der Waals surface area contributed by atoms with Crippen molar-refractivity contribution in [2.45, 2.75) is 36.4 Å². The number of anilines is 2. The summed E-state index contributed by atoms with van der Waals surface area (Å²) < 4.78 is 34.8. The number of aromatic nitrogens is 2. The molecule has 10 nitrogen and oxygen atoms in total. The maximum atomic E-state index is 14.1. The van der Waals surface area contributed by atoms with Crippen LogP contribution < -0.4 is 4.90 Å². The molecule has 13 heteroatoms. The lowest BCUT2D eigenvalue weighted by Crippen LogP contribution is -2.56. The first-order valence-electron chi connectivity index (χ1n) is 11.5. The molecular formula is C25H21Cl2N5O5S. The Kier molecular flexibility index (Phi) is 6.47. The van der Waals surface area contributed by atoms with Gasteiger partial charge in [0.2, 0.25) is 5.95 Å². The first-order chi connectivity index (χ1) is 18.0. The number of rotatable bonds is 6. The van der Waals surface area contributed by atoms with E-state index >= 15 is 0 Å². The first-order valence-corrected chi connectivity index (χ1v) is 13.7. The van der Waals surface area contributed by atoms with Gasteiger partial charge in [-0.05, 0) is 49.2 Å². The van der Waals surface area contributed by atoms with E-state index in [0.717, 1.165) is 4.31 Å². The van der Waals surface area contributed by atoms with Gasteiger partial charge in [0.1, 0.15) is 11.6 Å². The minimum Gasteiger partial charge on any atom is -0.468 e. The van der Waals surface area contributed by atoms with Gasteiger partial charge in [-0.15, -0.1) is 0 Å². The molecule has 1 saturated heterocycles. The molecule has 3 aromatic rings. The number of methoxy groups -OCH3 is 1. The fourth-order valence-corrected chi connectivity index (χ4v) is 7.18. The molecule has 2 atom stereocenters. The second kappa shape index (κ2) is 9.39. The molecule has 38 heavy (non-hydrogen) atoms. The first kappa shape index (κ1) is 26.2. The Labute approximate surface area is 229 Å². The standard InChI is InChI=1S/C25H21Cl2N5O5S/c1-25(12-15-3-5-16(13-28)6-4-15)23(34)31(19-10-17(26)9-18(27)11-19)24-29-14-21(32(24)25)38(35,36)30-8-7-20(30)22(33)37-2/h3-6,9-11,14,20H,7-8,12H2,1-2H3/t20-,25+/m0/s1. The lowest BCUT2D eigenvalue weighted by Gasteiger charge is -2.37. The molecule has 0 spiro atoms. The topological polar surface area (TPSA) is 126 Å². The van der Waals surface area contributed by atoms with Crippen LogP contribution in [0.3, 0.4) is 0 Å². The fourth-order valence-electron chi connectivity index (χ4n) is 4.85. The van der Waals surface area contributed by atoms with Crippen molar-refractivity contribution >= 4 is 56.7 Å². The van der Waals surface area contributed by atoms with Crippen molar-refractivity contribution in [2.75, 3.05) is 18.6 Å². The van der Waals surface area contributed by atoms with Gasteiger partial charge in [0.25, 0.3) is 15.9 Å². The quantitative estimate of drug-likeness (QED) is 0.412. The number of amides is 1. The van der Waals surface area contributed by atoms with E-state index in [1.165, 1.54) is 41.0 Å². The van der Waals surface area contributed by atoms with Gasteiger partial charge >= 0.3 is 5.97 Å². The molecule has 0 saturated carbocycles. The molecule has 1 amide bonds. The molecule has 1 aromatic heterocycles. The van der Waals surface area contributed by atoms with Gasteiger partial charge in [-0.3, -0.25) is 14.2 Å². The highest BCUT2D eigenvalue weighted by molar-refractivity contribution is 7.89. The summed E-state index contributed by atoms with van der Waals surface area (Å²) in [5.74, 6) is -1.04. The van der Waals surface area contributed by atoms with Crippen LogP contribution in [0.25, 0.3) is 0 Å². The van der Waals surface area contributed by atoms with Crippen LogP contribution in [-0.4, -0.2) is 53.8 Å². The third-order valence-corrected chi connectivity index (χ3v) is 9.13. The zero-order valence-electron chi connectivity index (χ0n) is 20.3. The summed E-state index contributed by atoms with van der Waals surface area (Å²) in [6.07, 6.45) is 1.59. The van der Waals surface area contributed by atoms with E-state index in [0.29, 0.717) is 23.2 Å². The summed E-state index contributed by atoms with van der Waals surface area (Å²) in [4.78, 5) is 31.9. The molecule has 0 unspecified atom stereocenters. The molecule has 1 fully saturated rings. The van der Waals surface area contributed by atoms with E-state index in [2.05, 4.69) is 11.1 Å². The highest BCUT2D eigenvalue weighted by Gasteiger charge is 2.54. The third kappa shape index (κ3) is 4.05. The van der Waals surface area contributed by atoms with Crippen LogP contribution in [-0.2, 0) is 36.3 Å². The SMILES string of the molecule is COC(=O)[C@@H]1CCN1S(=O)(=O)c1cnc2n1[C@](C)(Cc1ccc(C#N)cc1)C(=O)N2c1cc(Cl)cc(Cl)c1. The largest absolute Gasteiger partial charge is 0.468 e. The fraction of sp³-hybridized carbons (Fsp3) is 0.280. The minimum atomic E-state index is -4.25. The zero-order valence-corrected chi connectivity index (χ0v) is 22.6. The van der Waals surface area contributed by atoms with Crippen molar-refractivity contribution in [2.24, 2.45) is 0 Å². The van der Waals surface area contributed by atoms with Gasteiger partial charge in [-0.2, -0.15) is 9.57 Å². The van der Waals surface area contributed by atoms with Crippen LogP contribution in [0.1, 0.15) is 24.5 Å². The third-order valence-electron chi connectivity index (χ3n) is 6.82.